The van der Waals surface area contributed by atoms with Gasteiger partial charge in [-0.2, -0.15) is 0 Å². The fourth-order valence-corrected chi connectivity index (χ4v) is 3.95. The molecule has 154 valence electrons. The fourth-order valence-electron chi connectivity index (χ4n) is 3.95. The number of aryl methyl sites for hydroxylation is 1. The van der Waals surface area contributed by atoms with Crippen molar-refractivity contribution < 1.29 is 19.4 Å². The molecule has 7 nitrogen and oxygen atoms in total. The van der Waals surface area contributed by atoms with Gasteiger partial charge < -0.3 is 20.1 Å². The van der Waals surface area contributed by atoms with Crippen molar-refractivity contribution in [2.24, 2.45) is 0 Å². The summed E-state index contributed by atoms with van der Waals surface area (Å²) < 4.78 is 5.88. The van der Waals surface area contributed by atoms with Crippen molar-refractivity contribution >= 4 is 12.0 Å². The molecule has 0 spiro atoms. The Morgan fingerprint density at radius 2 is 1.96 bits per heavy atom. The number of carboxylic acid groups (broad SMARTS) is 1. The second-order valence-corrected chi connectivity index (χ2v) is 7.63. The van der Waals surface area contributed by atoms with Gasteiger partial charge in [0.05, 0.1) is 19.7 Å². The Morgan fingerprint density at radius 1 is 1.25 bits per heavy atom. The summed E-state index contributed by atoms with van der Waals surface area (Å²) in [6.07, 6.45) is 2.52. The van der Waals surface area contributed by atoms with Crippen LogP contribution < -0.4 is 5.32 Å². The minimum Gasteiger partial charge on any atom is -0.480 e. The molecule has 0 bridgehead atoms. The predicted molar refractivity (Wildman–Crippen MR) is 106 cm³/mol. The number of amides is 2. The zero-order valence-corrected chi connectivity index (χ0v) is 16.8. The second kappa shape index (κ2) is 9.39. The third-order valence-electron chi connectivity index (χ3n) is 5.82. The number of carbonyl (C=O) groups is 2. The number of carbonyl (C=O) groups excluding carboxylic acids is 1. The normalized spacial score (nSPS) is 24.7. The molecule has 1 heterocycles. The van der Waals surface area contributed by atoms with Crippen LogP contribution >= 0.6 is 0 Å². The third kappa shape index (κ3) is 5.02. The van der Waals surface area contributed by atoms with E-state index >= 15 is 0 Å². The highest BCUT2D eigenvalue weighted by Gasteiger charge is 2.36. The van der Waals surface area contributed by atoms with E-state index in [-0.39, 0.29) is 30.8 Å². The molecule has 0 aromatic heterocycles. The molecule has 2 aliphatic rings. The van der Waals surface area contributed by atoms with Gasteiger partial charge in [-0.05, 0) is 36.9 Å². The van der Waals surface area contributed by atoms with E-state index in [1.165, 1.54) is 5.56 Å². The van der Waals surface area contributed by atoms with Gasteiger partial charge >= 0.3 is 12.0 Å². The van der Waals surface area contributed by atoms with Crippen LogP contribution in [0.3, 0.4) is 0 Å². The van der Waals surface area contributed by atoms with Crippen molar-refractivity contribution in [2.75, 3.05) is 32.8 Å². The molecule has 1 aliphatic carbocycles. The smallest absolute Gasteiger partial charge is 0.317 e. The highest BCUT2D eigenvalue weighted by atomic mass is 16.5. The van der Waals surface area contributed by atoms with E-state index in [0.717, 1.165) is 24.8 Å². The Bertz CT molecular complexity index is 673. The number of aliphatic carboxylic acids is 1. The van der Waals surface area contributed by atoms with Crippen LogP contribution in [0.2, 0.25) is 0 Å². The molecule has 2 N–H and O–H groups in total. The summed E-state index contributed by atoms with van der Waals surface area (Å²) in [7, 11) is 0. The molecule has 28 heavy (non-hydrogen) atoms. The summed E-state index contributed by atoms with van der Waals surface area (Å²) in [5.74, 6) is -0.805. The SMILES string of the molecule is CCc1ccc(C2CN(C(=O)NC3CC(N(CC)CC(=O)O)C3)CCO2)cc1. The average Bonchev–Trinajstić information content (AvgIpc) is 2.68. The Hall–Kier alpha value is -2.12. The molecule has 1 saturated heterocycles. The molecular formula is C21H31N3O4. The van der Waals surface area contributed by atoms with Crippen molar-refractivity contribution in [3.05, 3.63) is 35.4 Å². The number of likely N-dealkylation sites (N-methyl/N-ethyl adjacent to an activating group) is 1. The molecule has 1 atom stereocenters. The maximum absolute atomic E-state index is 12.7. The monoisotopic (exact) mass is 389 g/mol. The van der Waals surface area contributed by atoms with Crippen molar-refractivity contribution in [2.45, 2.75) is 51.3 Å². The Morgan fingerprint density at radius 3 is 2.57 bits per heavy atom. The quantitative estimate of drug-likeness (QED) is 0.748. The molecule has 1 aromatic carbocycles. The first-order valence-corrected chi connectivity index (χ1v) is 10.2. The number of hydrogen-bond donors (Lipinski definition) is 2. The summed E-state index contributed by atoms with van der Waals surface area (Å²) >= 11 is 0. The van der Waals surface area contributed by atoms with Crippen LogP contribution in [-0.2, 0) is 16.0 Å². The van der Waals surface area contributed by atoms with Crippen molar-refractivity contribution in [3.8, 4) is 0 Å². The number of rotatable bonds is 7. The van der Waals surface area contributed by atoms with Crippen LogP contribution in [0.5, 0.6) is 0 Å². The minimum absolute atomic E-state index is 0.0526. The first kappa shape index (κ1) is 20.6. The number of nitrogens with zero attached hydrogens (tertiary/aromatic N) is 2. The van der Waals surface area contributed by atoms with Gasteiger partial charge in [0.15, 0.2) is 0 Å². The number of hydrogen-bond acceptors (Lipinski definition) is 4. The van der Waals surface area contributed by atoms with Gasteiger partial charge in [0.1, 0.15) is 6.10 Å². The van der Waals surface area contributed by atoms with Gasteiger partial charge in [-0.3, -0.25) is 9.69 Å². The zero-order valence-electron chi connectivity index (χ0n) is 16.8. The molecule has 3 rings (SSSR count). The van der Waals surface area contributed by atoms with Crippen molar-refractivity contribution in [1.82, 2.24) is 15.1 Å². The van der Waals surface area contributed by atoms with E-state index < -0.39 is 5.97 Å². The first-order valence-electron chi connectivity index (χ1n) is 10.2. The highest BCUT2D eigenvalue weighted by Crippen LogP contribution is 2.27. The number of nitrogens with one attached hydrogen (secondary N) is 1. The lowest BCUT2D eigenvalue weighted by Gasteiger charge is -2.43. The van der Waals surface area contributed by atoms with E-state index in [2.05, 4.69) is 36.5 Å². The molecule has 1 aliphatic heterocycles. The van der Waals surface area contributed by atoms with Gasteiger partial charge in [-0.15, -0.1) is 0 Å². The molecule has 0 radical (unpaired) electrons. The van der Waals surface area contributed by atoms with Gasteiger partial charge in [0.2, 0.25) is 0 Å². The Kier molecular flexibility index (Phi) is 6.91. The predicted octanol–water partition coefficient (Wildman–Crippen LogP) is 2.27. The summed E-state index contributed by atoms with van der Waals surface area (Å²) in [6.45, 7) is 6.53. The van der Waals surface area contributed by atoms with Crippen LogP contribution in [0.4, 0.5) is 4.79 Å². The lowest BCUT2D eigenvalue weighted by molar-refractivity contribution is -0.139. The van der Waals surface area contributed by atoms with E-state index in [0.29, 0.717) is 26.2 Å². The Labute approximate surface area is 166 Å². The molecular weight excluding hydrogens is 358 g/mol. The Balaban J connectivity index is 1.47. The topological polar surface area (TPSA) is 82.1 Å². The molecule has 1 unspecified atom stereocenters. The van der Waals surface area contributed by atoms with Gasteiger partial charge in [0, 0.05) is 18.6 Å². The average molecular weight is 389 g/mol. The standard InChI is InChI=1S/C21H31N3O4/c1-3-15-5-7-16(8-6-15)19-13-24(9-10-28-19)21(27)22-17-11-18(12-17)23(4-2)14-20(25)26/h5-8,17-19H,3-4,9-14H2,1-2H3,(H,22,27)(H,25,26). The van der Waals surface area contributed by atoms with E-state index in [1.807, 2.05) is 16.7 Å². The first-order chi connectivity index (χ1) is 13.5. The van der Waals surface area contributed by atoms with E-state index in [1.54, 1.807) is 0 Å². The van der Waals surface area contributed by atoms with Crippen LogP contribution in [0.25, 0.3) is 0 Å². The summed E-state index contributed by atoms with van der Waals surface area (Å²) in [6, 6.07) is 8.70. The summed E-state index contributed by atoms with van der Waals surface area (Å²) in [5.41, 5.74) is 2.39. The minimum atomic E-state index is -0.805. The molecule has 2 amide bonds. The molecule has 7 heteroatoms. The van der Waals surface area contributed by atoms with Crippen LogP contribution in [-0.4, -0.2) is 71.8 Å². The lowest BCUT2D eigenvalue weighted by atomic mass is 9.85. The van der Waals surface area contributed by atoms with Crippen molar-refractivity contribution in [1.29, 1.82) is 0 Å². The number of morpholine rings is 1. The maximum atomic E-state index is 12.7. The molecule has 1 aromatic rings. The third-order valence-corrected chi connectivity index (χ3v) is 5.82. The van der Waals surface area contributed by atoms with Crippen LogP contribution in [0.15, 0.2) is 24.3 Å². The van der Waals surface area contributed by atoms with Crippen LogP contribution in [0.1, 0.15) is 43.9 Å². The van der Waals surface area contributed by atoms with Gasteiger partial charge in [0.25, 0.3) is 0 Å². The summed E-state index contributed by atoms with van der Waals surface area (Å²) in [5, 5.41) is 12.1. The van der Waals surface area contributed by atoms with Gasteiger partial charge in [-0.1, -0.05) is 38.1 Å². The highest BCUT2D eigenvalue weighted by molar-refractivity contribution is 5.75. The van der Waals surface area contributed by atoms with Gasteiger partial charge in [-0.25, -0.2) is 4.79 Å². The number of urea groups is 1. The largest absolute Gasteiger partial charge is 0.480 e. The molecule has 2 fully saturated rings. The zero-order chi connectivity index (χ0) is 20.1. The van der Waals surface area contributed by atoms with Crippen molar-refractivity contribution in [3.63, 3.8) is 0 Å². The number of ether oxygens (including phenoxy) is 1. The maximum Gasteiger partial charge on any atom is 0.317 e. The lowest BCUT2D eigenvalue weighted by Crippen LogP contribution is -2.57. The summed E-state index contributed by atoms with van der Waals surface area (Å²) in [4.78, 5) is 27.4. The number of benzene rings is 1. The number of carboxylic acids is 1. The fraction of sp³-hybridized carbons (Fsp3) is 0.619. The second-order valence-electron chi connectivity index (χ2n) is 7.63. The van der Waals surface area contributed by atoms with E-state index in [4.69, 9.17) is 9.84 Å². The van der Waals surface area contributed by atoms with E-state index in [9.17, 15) is 9.59 Å². The molecule has 1 saturated carbocycles. The van der Waals surface area contributed by atoms with Crippen LogP contribution in [0, 0.1) is 0 Å².